The van der Waals surface area contributed by atoms with E-state index in [-0.39, 0.29) is 5.91 Å². The third kappa shape index (κ3) is 4.54. The molecule has 0 atom stereocenters. The zero-order valence-electron chi connectivity index (χ0n) is 16.6. The van der Waals surface area contributed by atoms with Crippen LogP contribution in [0.5, 0.6) is 0 Å². The summed E-state index contributed by atoms with van der Waals surface area (Å²) in [5.41, 5.74) is 3.90. The number of hydrogen-bond acceptors (Lipinski definition) is 5. The summed E-state index contributed by atoms with van der Waals surface area (Å²) >= 11 is 0. The van der Waals surface area contributed by atoms with Gasteiger partial charge in [-0.3, -0.25) is 4.79 Å². The Morgan fingerprint density at radius 3 is 2.38 bits per heavy atom. The fourth-order valence-corrected chi connectivity index (χ4v) is 3.55. The Labute approximate surface area is 171 Å². The average Bonchev–Trinajstić information content (AvgIpc) is 2.79. The van der Waals surface area contributed by atoms with E-state index in [9.17, 15) is 4.79 Å². The van der Waals surface area contributed by atoms with Crippen LogP contribution < -0.4 is 15.1 Å². The molecule has 0 spiro atoms. The monoisotopic (exact) mass is 387 g/mol. The maximum atomic E-state index is 12.6. The summed E-state index contributed by atoms with van der Waals surface area (Å²) in [7, 11) is 0. The van der Waals surface area contributed by atoms with Crippen LogP contribution in [0.1, 0.15) is 21.6 Å². The minimum atomic E-state index is -0.181. The Hall–Kier alpha value is -3.41. The van der Waals surface area contributed by atoms with E-state index < -0.39 is 0 Å². The van der Waals surface area contributed by atoms with E-state index in [4.69, 9.17) is 0 Å². The van der Waals surface area contributed by atoms with Gasteiger partial charge in [-0.2, -0.15) is 0 Å². The first-order chi connectivity index (χ1) is 14.2. The van der Waals surface area contributed by atoms with Crippen LogP contribution in [0.15, 0.2) is 67.0 Å². The molecule has 0 radical (unpaired) electrons. The quantitative estimate of drug-likeness (QED) is 0.729. The van der Waals surface area contributed by atoms with E-state index in [1.807, 2.05) is 37.3 Å². The number of aromatic nitrogens is 2. The summed E-state index contributed by atoms with van der Waals surface area (Å²) in [5.74, 6) is 0.619. The van der Waals surface area contributed by atoms with Crippen molar-refractivity contribution in [2.24, 2.45) is 0 Å². The molecule has 0 bridgehead atoms. The highest BCUT2D eigenvalue weighted by Crippen LogP contribution is 2.19. The molecule has 1 saturated heterocycles. The Bertz CT molecular complexity index is 968. The van der Waals surface area contributed by atoms with Crippen LogP contribution in [0.4, 0.5) is 11.5 Å². The molecule has 1 N–H and O–H groups in total. The number of hydrogen-bond donors (Lipinski definition) is 1. The zero-order valence-corrected chi connectivity index (χ0v) is 16.6. The van der Waals surface area contributed by atoms with Gasteiger partial charge in [-0.25, -0.2) is 9.97 Å². The molecule has 0 saturated carbocycles. The number of anilines is 2. The number of para-hydroxylation sites is 1. The van der Waals surface area contributed by atoms with Gasteiger partial charge >= 0.3 is 0 Å². The molecule has 1 aliphatic rings. The molecule has 6 nitrogen and oxygen atoms in total. The molecule has 1 amide bonds. The summed E-state index contributed by atoms with van der Waals surface area (Å²) in [6.45, 7) is 6.08. The predicted octanol–water partition coefficient (Wildman–Crippen LogP) is 3.04. The Kier molecular flexibility index (Phi) is 5.70. The smallest absolute Gasteiger partial charge is 0.270 e. The van der Waals surface area contributed by atoms with Crippen LogP contribution in [-0.4, -0.2) is 42.1 Å². The van der Waals surface area contributed by atoms with Crippen LogP contribution in [0.3, 0.4) is 0 Å². The molecule has 0 unspecified atom stereocenters. The largest absolute Gasteiger partial charge is 0.368 e. The number of benzene rings is 2. The number of piperazine rings is 1. The summed E-state index contributed by atoms with van der Waals surface area (Å²) in [6.07, 6.45) is 1.47. The van der Waals surface area contributed by atoms with Crippen molar-refractivity contribution in [2.45, 2.75) is 13.5 Å². The van der Waals surface area contributed by atoms with Crippen LogP contribution in [0.25, 0.3) is 0 Å². The summed E-state index contributed by atoms with van der Waals surface area (Å²) in [5, 5.41) is 2.96. The maximum absolute atomic E-state index is 12.6. The lowest BCUT2D eigenvalue weighted by atomic mass is 10.1. The van der Waals surface area contributed by atoms with Crippen molar-refractivity contribution in [2.75, 3.05) is 36.0 Å². The molecular formula is C23H25N5O. The second kappa shape index (κ2) is 8.73. The van der Waals surface area contributed by atoms with Crippen LogP contribution in [0, 0.1) is 6.92 Å². The lowest BCUT2D eigenvalue weighted by Gasteiger charge is -2.36. The van der Waals surface area contributed by atoms with Gasteiger partial charge in [0.25, 0.3) is 5.91 Å². The van der Waals surface area contributed by atoms with Crippen molar-refractivity contribution in [3.63, 3.8) is 0 Å². The number of carbonyl (C=O) groups excluding carboxylic acids is 1. The summed E-state index contributed by atoms with van der Waals surface area (Å²) in [6, 6.07) is 20.3. The fraction of sp³-hybridized carbons (Fsp3) is 0.261. The number of nitrogens with zero attached hydrogens (tertiary/aromatic N) is 4. The van der Waals surface area contributed by atoms with Crippen molar-refractivity contribution >= 4 is 17.4 Å². The Morgan fingerprint density at radius 1 is 0.931 bits per heavy atom. The third-order valence-electron chi connectivity index (χ3n) is 5.31. The first kappa shape index (κ1) is 18.9. The summed E-state index contributed by atoms with van der Waals surface area (Å²) in [4.78, 5) is 25.7. The number of amides is 1. The van der Waals surface area contributed by atoms with Gasteiger partial charge in [-0.05, 0) is 30.2 Å². The molecule has 0 aliphatic carbocycles. The van der Waals surface area contributed by atoms with Crippen molar-refractivity contribution < 1.29 is 4.79 Å². The molecule has 2 heterocycles. The normalized spacial score (nSPS) is 14.0. The molecular weight excluding hydrogens is 362 g/mol. The van der Waals surface area contributed by atoms with E-state index in [2.05, 4.69) is 49.4 Å². The topological polar surface area (TPSA) is 61.4 Å². The Balaban J connectivity index is 1.37. The van der Waals surface area contributed by atoms with E-state index in [0.29, 0.717) is 12.2 Å². The van der Waals surface area contributed by atoms with Gasteiger partial charge in [-0.1, -0.05) is 42.5 Å². The molecule has 1 aliphatic heterocycles. The number of aryl methyl sites for hydroxylation is 1. The standard InChI is InChI=1S/C23H25N5O/c1-18-7-5-6-8-19(18)16-24-23(29)21-15-22(26-17-25-21)28-13-11-27(12-14-28)20-9-3-2-4-10-20/h2-10,15,17H,11-14,16H2,1H3,(H,24,29). The SMILES string of the molecule is Cc1ccccc1CNC(=O)c1cc(N2CCN(c3ccccc3)CC2)ncn1. The second-order valence-corrected chi connectivity index (χ2v) is 7.18. The van der Waals surface area contributed by atoms with Crippen molar-refractivity contribution in [3.05, 3.63) is 83.8 Å². The molecule has 3 aromatic rings. The van der Waals surface area contributed by atoms with Crippen molar-refractivity contribution in [3.8, 4) is 0 Å². The fourth-order valence-electron chi connectivity index (χ4n) is 3.55. The van der Waals surface area contributed by atoms with Gasteiger partial charge in [0.05, 0.1) is 0 Å². The van der Waals surface area contributed by atoms with Gasteiger partial charge in [0, 0.05) is 44.5 Å². The highest BCUT2D eigenvalue weighted by Gasteiger charge is 2.19. The molecule has 29 heavy (non-hydrogen) atoms. The second-order valence-electron chi connectivity index (χ2n) is 7.18. The minimum absolute atomic E-state index is 0.181. The minimum Gasteiger partial charge on any atom is -0.368 e. The third-order valence-corrected chi connectivity index (χ3v) is 5.31. The van der Waals surface area contributed by atoms with Gasteiger partial charge in [-0.15, -0.1) is 0 Å². The van der Waals surface area contributed by atoms with E-state index >= 15 is 0 Å². The van der Waals surface area contributed by atoms with Gasteiger partial charge in [0.1, 0.15) is 17.8 Å². The molecule has 148 valence electrons. The summed E-state index contributed by atoms with van der Waals surface area (Å²) < 4.78 is 0. The lowest BCUT2D eigenvalue weighted by Crippen LogP contribution is -2.46. The van der Waals surface area contributed by atoms with Gasteiger partial charge < -0.3 is 15.1 Å². The number of carbonyl (C=O) groups is 1. The predicted molar refractivity (Wildman–Crippen MR) is 115 cm³/mol. The van der Waals surface area contributed by atoms with Gasteiger partial charge in [0.2, 0.25) is 0 Å². The molecule has 6 heteroatoms. The van der Waals surface area contributed by atoms with Gasteiger partial charge in [0.15, 0.2) is 0 Å². The highest BCUT2D eigenvalue weighted by atomic mass is 16.1. The molecule has 2 aromatic carbocycles. The van der Waals surface area contributed by atoms with E-state index in [0.717, 1.165) is 43.1 Å². The highest BCUT2D eigenvalue weighted by molar-refractivity contribution is 5.92. The van der Waals surface area contributed by atoms with Crippen molar-refractivity contribution in [1.82, 2.24) is 15.3 Å². The number of nitrogens with one attached hydrogen (secondary N) is 1. The van der Waals surface area contributed by atoms with Crippen LogP contribution >= 0.6 is 0 Å². The lowest BCUT2D eigenvalue weighted by molar-refractivity contribution is 0.0945. The maximum Gasteiger partial charge on any atom is 0.270 e. The Morgan fingerprint density at radius 2 is 1.62 bits per heavy atom. The molecule has 4 rings (SSSR count). The molecule has 1 aromatic heterocycles. The molecule has 1 fully saturated rings. The zero-order chi connectivity index (χ0) is 20.1. The number of rotatable bonds is 5. The van der Waals surface area contributed by atoms with Crippen LogP contribution in [-0.2, 0) is 6.54 Å². The van der Waals surface area contributed by atoms with Crippen LogP contribution in [0.2, 0.25) is 0 Å². The van der Waals surface area contributed by atoms with E-state index in [1.165, 1.54) is 12.0 Å². The average molecular weight is 387 g/mol. The van der Waals surface area contributed by atoms with E-state index in [1.54, 1.807) is 6.07 Å². The van der Waals surface area contributed by atoms with Crippen molar-refractivity contribution in [1.29, 1.82) is 0 Å². The first-order valence-corrected chi connectivity index (χ1v) is 9.90. The first-order valence-electron chi connectivity index (χ1n) is 9.90.